The molecule has 0 heterocycles. The molecule has 0 amide bonds. The second-order valence-corrected chi connectivity index (χ2v) is 4.75. The van der Waals surface area contributed by atoms with E-state index in [2.05, 4.69) is 24.2 Å². The summed E-state index contributed by atoms with van der Waals surface area (Å²) >= 11 is 0. The van der Waals surface area contributed by atoms with Gasteiger partial charge in [-0.15, -0.1) is 24.0 Å². The predicted octanol–water partition coefficient (Wildman–Crippen LogP) is 2.94. The lowest BCUT2D eigenvalue weighted by atomic mass is 10.1. The van der Waals surface area contributed by atoms with Gasteiger partial charge in [-0.05, 0) is 36.5 Å². The Hall–Kier alpha value is -0.850. The van der Waals surface area contributed by atoms with Crippen LogP contribution in [0.1, 0.15) is 25.8 Å². The molecule has 0 aromatic heterocycles. The van der Waals surface area contributed by atoms with Crippen LogP contribution < -0.4 is 11.1 Å². The highest BCUT2D eigenvalue weighted by atomic mass is 127. The third kappa shape index (κ3) is 8.80. The molecular formula is C14H23FIN3. The summed E-state index contributed by atoms with van der Waals surface area (Å²) < 4.78 is 12.7. The standard InChI is InChI=1S/C14H22FN3.HI/c1-11(2)7-9-17-14(16)18-10-8-12-3-5-13(15)6-4-12;/h3-6,11H,7-10H2,1-2H3,(H3,16,17,18);1H. The third-order valence-corrected chi connectivity index (χ3v) is 2.62. The van der Waals surface area contributed by atoms with E-state index in [1.54, 1.807) is 12.1 Å². The van der Waals surface area contributed by atoms with Gasteiger partial charge in [0, 0.05) is 13.1 Å². The summed E-state index contributed by atoms with van der Waals surface area (Å²) in [5.74, 6) is 0.917. The molecule has 0 radical (unpaired) electrons. The Morgan fingerprint density at radius 1 is 1.32 bits per heavy atom. The van der Waals surface area contributed by atoms with Gasteiger partial charge in [0.25, 0.3) is 0 Å². The molecule has 0 aliphatic carbocycles. The van der Waals surface area contributed by atoms with Gasteiger partial charge in [0.05, 0.1) is 0 Å². The first kappa shape index (κ1) is 18.1. The molecule has 5 heteroatoms. The van der Waals surface area contributed by atoms with Crippen LogP contribution in [0.3, 0.4) is 0 Å². The summed E-state index contributed by atoms with van der Waals surface area (Å²) in [6, 6.07) is 6.50. The molecule has 3 nitrogen and oxygen atoms in total. The van der Waals surface area contributed by atoms with Gasteiger partial charge in [0.15, 0.2) is 5.96 Å². The lowest BCUT2D eigenvalue weighted by Crippen LogP contribution is -2.33. The average molecular weight is 379 g/mol. The fourth-order valence-corrected chi connectivity index (χ4v) is 1.49. The van der Waals surface area contributed by atoms with E-state index in [9.17, 15) is 4.39 Å². The van der Waals surface area contributed by atoms with Gasteiger partial charge in [-0.1, -0.05) is 26.0 Å². The molecule has 0 bridgehead atoms. The maximum atomic E-state index is 12.7. The SMILES string of the molecule is CC(C)CCN=C(N)NCCc1ccc(F)cc1.I. The maximum Gasteiger partial charge on any atom is 0.188 e. The Labute approximate surface area is 131 Å². The number of aliphatic imine (C=N–C) groups is 1. The fraction of sp³-hybridized carbons (Fsp3) is 0.500. The van der Waals surface area contributed by atoms with Crippen LogP contribution in [-0.2, 0) is 6.42 Å². The predicted molar refractivity (Wildman–Crippen MR) is 89.5 cm³/mol. The summed E-state index contributed by atoms with van der Waals surface area (Å²) in [6.07, 6.45) is 1.85. The van der Waals surface area contributed by atoms with Crippen molar-refractivity contribution < 1.29 is 4.39 Å². The zero-order valence-corrected chi connectivity index (χ0v) is 13.9. The van der Waals surface area contributed by atoms with Crippen molar-refractivity contribution in [2.45, 2.75) is 26.7 Å². The number of hydrogen-bond donors (Lipinski definition) is 2. The molecule has 19 heavy (non-hydrogen) atoms. The highest BCUT2D eigenvalue weighted by molar-refractivity contribution is 14.0. The van der Waals surface area contributed by atoms with Crippen molar-refractivity contribution in [3.05, 3.63) is 35.6 Å². The molecule has 108 valence electrons. The monoisotopic (exact) mass is 379 g/mol. The maximum absolute atomic E-state index is 12.7. The van der Waals surface area contributed by atoms with Crippen molar-refractivity contribution in [2.24, 2.45) is 16.6 Å². The first-order valence-corrected chi connectivity index (χ1v) is 6.36. The molecule has 0 atom stereocenters. The summed E-state index contributed by atoms with van der Waals surface area (Å²) in [5, 5.41) is 3.05. The number of halogens is 2. The fourth-order valence-electron chi connectivity index (χ4n) is 1.49. The molecule has 1 rings (SSSR count). The van der Waals surface area contributed by atoms with Crippen LogP contribution in [0.25, 0.3) is 0 Å². The molecule has 0 spiro atoms. The first-order valence-electron chi connectivity index (χ1n) is 6.36. The summed E-state index contributed by atoms with van der Waals surface area (Å²) in [7, 11) is 0. The van der Waals surface area contributed by atoms with Crippen LogP contribution >= 0.6 is 24.0 Å². The minimum atomic E-state index is -0.207. The second kappa shape index (κ2) is 10.00. The molecule has 0 saturated heterocycles. The number of guanidine groups is 1. The van der Waals surface area contributed by atoms with Crippen LogP contribution in [-0.4, -0.2) is 19.0 Å². The topological polar surface area (TPSA) is 50.4 Å². The number of benzene rings is 1. The lowest BCUT2D eigenvalue weighted by Gasteiger charge is -2.06. The minimum absolute atomic E-state index is 0. The van der Waals surface area contributed by atoms with Gasteiger partial charge in [-0.25, -0.2) is 4.39 Å². The molecule has 0 aliphatic rings. The van der Waals surface area contributed by atoms with E-state index in [0.717, 1.165) is 24.9 Å². The van der Waals surface area contributed by atoms with Crippen LogP contribution in [0.5, 0.6) is 0 Å². The molecule has 3 N–H and O–H groups in total. The molecule has 0 aliphatic heterocycles. The Bertz CT molecular complexity index is 377. The quantitative estimate of drug-likeness (QED) is 0.454. The number of hydrogen-bond acceptors (Lipinski definition) is 1. The largest absolute Gasteiger partial charge is 0.370 e. The van der Waals surface area contributed by atoms with E-state index in [4.69, 9.17) is 5.73 Å². The van der Waals surface area contributed by atoms with E-state index in [-0.39, 0.29) is 29.8 Å². The smallest absolute Gasteiger partial charge is 0.188 e. The van der Waals surface area contributed by atoms with Crippen LogP contribution in [0, 0.1) is 11.7 Å². The summed E-state index contributed by atoms with van der Waals surface area (Å²) in [4.78, 5) is 4.23. The van der Waals surface area contributed by atoms with Crippen molar-refractivity contribution in [1.29, 1.82) is 0 Å². The van der Waals surface area contributed by atoms with E-state index >= 15 is 0 Å². The van der Waals surface area contributed by atoms with Crippen molar-refractivity contribution in [1.82, 2.24) is 5.32 Å². The second-order valence-electron chi connectivity index (χ2n) is 4.75. The van der Waals surface area contributed by atoms with E-state index in [1.165, 1.54) is 12.1 Å². The van der Waals surface area contributed by atoms with Gasteiger partial charge in [0.1, 0.15) is 5.82 Å². The van der Waals surface area contributed by atoms with Gasteiger partial charge >= 0.3 is 0 Å². The minimum Gasteiger partial charge on any atom is -0.370 e. The van der Waals surface area contributed by atoms with E-state index in [0.29, 0.717) is 18.4 Å². The van der Waals surface area contributed by atoms with Crippen molar-refractivity contribution in [3.8, 4) is 0 Å². The number of nitrogens with one attached hydrogen (secondary N) is 1. The van der Waals surface area contributed by atoms with E-state index in [1.807, 2.05) is 0 Å². The van der Waals surface area contributed by atoms with Gasteiger partial charge in [0.2, 0.25) is 0 Å². The van der Waals surface area contributed by atoms with E-state index < -0.39 is 0 Å². The zero-order valence-electron chi connectivity index (χ0n) is 11.5. The summed E-state index contributed by atoms with van der Waals surface area (Å²) in [5.41, 5.74) is 6.81. The summed E-state index contributed by atoms with van der Waals surface area (Å²) in [6.45, 7) is 5.79. The molecule has 1 aromatic carbocycles. The normalized spacial score (nSPS) is 11.3. The van der Waals surface area contributed by atoms with Crippen LogP contribution in [0.4, 0.5) is 4.39 Å². The molecule has 0 unspecified atom stereocenters. The van der Waals surface area contributed by atoms with Crippen molar-refractivity contribution >= 4 is 29.9 Å². The number of rotatable bonds is 6. The molecule has 0 fully saturated rings. The lowest BCUT2D eigenvalue weighted by molar-refractivity contribution is 0.595. The highest BCUT2D eigenvalue weighted by Crippen LogP contribution is 2.02. The van der Waals surface area contributed by atoms with Gasteiger partial charge in [-0.2, -0.15) is 0 Å². The molecule has 0 saturated carbocycles. The molecule has 1 aromatic rings. The van der Waals surface area contributed by atoms with Gasteiger partial charge < -0.3 is 11.1 Å². The molecular weight excluding hydrogens is 356 g/mol. The highest BCUT2D eigenvalue weighted by Gasteiger charge is 1.96. The Morgan fingerprint density at radius 3 is 2.53 bits per heavy atom. The van der Waals surface area contributed by atoms with Crippen molar-refractivity contribution in [2.75, 3.05) is 13.1 Å². The number of nitrogens with two attached hydrogens (primary N) is 1. The Kier molecular flexibility index (Phi) is 9.55. The first-order chi connectivity index (χ1) is 8.58. The third-order valence-electron chi connectivity index (χ3n) is 2.62. The van der Waals surface area contributed by atoms with Crippen molar-refractivity contribution in [3.63, 3.8) is 0 Å². The van der Waals surface area contributed by atoms with Crippen LogP contribution in [0.15, 0.2) is 29.3 Å². The average Bonchev–Trinajstić information content (AvgIpc) is 2.31. The Morgan fingerprint density at radius 2 is 1.95 bits per heavy atom. The van der Waals surface area contributed by atoms with Gasteiger partial charge in [-0.3, -0.25) is 4.99 Å². The number of nitrogens with zero attached hydrogens (tertiary/aromatic N) is 1. The zero-order chi connectivity index (χ0) is 13.4. The van der Waals surface area contributed by atoms with Crippen LogP contribution in [0.2, 0.25) is 0 Å². The Balaban J connectivity index is 0.00000324.